The summed E-state index contributed by atoms with van der Waals surface area (Å²) in [5.74, 6) is 2.87. The van der Waals surface area contributed by atoms with Gasteiger partial charge in [-0.1, -0.05) is 19.1 Å². The summed E-state index contributed by atoms with van der Waals surface area (Å²) in [4.78, 5) is 0. The minimum atomic E-state index is 0.659. The van der Waals surface area contributed by atoms with Crippen LogP contribution in [-0.4, -0.2) is 31.8 Å². The Morgan fingerprint density at radius 2 is 2.05 bits per heavy atom. The van der Waals surface area contributed by atoms with E-state index in [9.17, 15) is 0 Å². The van der Waals surface area contributed by atoms with Crippen LogP contribution in [0.1, 0.15) is 25.8 Å². The molecule has 3 nitrogen and oxygen atoms in total. The minimum Gasteiger partial charge on any atom is -0.490 e. The molecule has 108 valence electrons. The van der Waals surface area contributed by atoms with Crippen LogP contribution in [0.25, 0.3) is 0 Å². The Kier molecular flexibility index (Phi) is 8.50. The van der Waals surface area contributed by atoms with Crippen molar-refractivity contribution in [1.29, 1.82) is 0 Å². The van der Waals surface area contributed by atoms with Crippen LogP contribution in [-0.2, 0) is 6.54 Å². The molecule has 0 aliphatic rings. The van der Waals surface area contributed by atoms with Crippen LogP contribution in [0.5, 0.6) is 11.5 Å². The number of benzene rings is 1. The summed E-state index contributed by atoms with van der Waals surface area (Å²) >= 11 is 1.85. The molecule has 1 rings (SSSR count). The Morgan fingerprint density at radius 1 is 1.21 bits per heavy atom. The molecule has 0 saturated heterocycles. The molecule has 4 heteroatoms. The zero-order valence-electron chi connectivity index (χ0n) is 12.2. The number of rotatable bonds is 10. The van der Waals surface area contributed by atoms with E-state index in [0.717, 1.165) is 48.9 Å². The maximum Gasteiger partial charge on any atom is 0.165 e. The van der Waals surface area contributed by atoms with Gasteiger partial charge in [0.25, 0.3) is 0 Å². The summed E-state index contributed by atoms with van der Waals surface area (Å²) < 4.78 is 11.6. The second-order valence-corrected chi connectivity index (χ2v) is 5.14. The fourth-order valence-electron chi connectivity index (χ4n) is 1.77. The molecule has 0 bridgehead atoms. The van der Waals surface area contributed by atoms with Crippen molar-refractivity contribution in [3.05, 3.63) is 23.8 Å². The molecule has 0 aromatic heterocycles. The van der Waals surface area contributed by atoms with Crippen molar-refractivity contribution in [2.45, 2.75) is 26.8 Å². The molecule has 0 saturated carbocycles. The standard InChI is InChI=1S/C15H25NO2S/c1-4-16-12-13-8-6-9-14(17-5-2)15(13)18-10-7-11-19-3/h6,8-9,16H,4-5,7,10-12H2,1-3H3. The highest BCUT2D eigenvalue weighted by molar-refractivity contribution is 7.98. The molecular weight excluding hydrogens is 258 g/mol. The highest BCUT2D eigenvalue weighted by Crippen LogP contribution is 2.31. The second kappa shape index (κ2) is 9.98. The summed E-state index contributed by atoms with van der Waals surface area (Å²) in [5.41, 5.74) is 1.16. The number of hydrogen-bond acceptors (Lipinski definition) is 4. The average Bonchev–Trinajstić information content (AvgIpc) is 2.43. The Balaban J connectivity index is 2.74. The van der Waals surface area contributed by atoms with Gasteiger partial charge in [-0.2, -0.15) is 11.8 Å². The van der Waals surface area contributed by atoms with Gasteiger partial charge >= 0.3 is 0 Å². The lowest BCUT2D eigenvalue weighted by atomic mass is 10.2. The van der Waals surface area contributed by atoms with Gasteiger partial charge in [0.2, 0.25) is 0 Å². The molecule has 0 aliphatic carbocycles. The van der Waals surface area contributed by atoms with Gasteiger partial charge in [0.1, 0.15) is 0 Å². The molecule has 0 amide bonds. The fraction of sp³-hybridized carbons (Fsp3) is 0.600. The van der Waals surface area contributed by atoms with Crippen LogP contribution in [0, 0.1) is 0 Å². The number of nitrogens with one attached hydrogen (secondary N) is 1. The molecular formula is C15H25NO2S. The lowest BCUT2D eigenvalue weighted by Gasteiger charge is -2.16. The van der Waals surface area contributed by atoms with Gasteiger partial charge < -0.3 is 14.8 Å². The van der Waals surface area contributed by atoms with Gasteiger partial charge in [-0.15, -0.1) is 0 Å². The normalized spacial score (nSPS) is 10.5. The van der Waals surface area contributed by atoms with E-state index < -0.39 is 0 Å². The Morgan fingerprint density at radius 3 is 2.74 bits per heavy atom. The van der Waals surface area contributed by atoms with Crippen molar-refractivity contribution >= 4 is 11.8 Å². The first kappa shape index (κ1) is 16.2. The SMILES string of the molecule is CCNCc1cccc(OCC)c1OCCCSC. The fourth-order valence-corrected chi connectivity index (χ4v) is 2.18. The summed E-state index contributed by atoms with van der Waals surface area (Å²) in [6.07, 6.45) is 3.17. The van der Waals surface area contributed by atoms with Crippen LogP contribution in [0.2, 0.25) is 0 Å². The van der Waals surface area contributed by atoms with Crippen molar-refractivity contribution in [2.75, 3.05) is 31.8 Å². The van der Waals surface area contributed by atoms with E-state index in [1.54, 1.807) is 0 Å². The number of thioether (sulfide) groups is 1. The van der Waals surface area contributed by atoms with E-state index in [0.29, 0.717) is 6.61 Å². The molecule has 1 aromatic rings. The van der Waals surface area contributed by atoms with Crippen LogP contribution in [0.15, 0.2) is 18.2 Å². The van der Waals surface area contributed by atoms with Gasteiger partial charge in [0.05, 0.1) is 13.2 Å². The summed E-state index contributed by atoms with van der Waals surface area (Å²) in [6.45, 7) is 7.26. The minimum absolute atomic E-state index is 0.659. The molecule has 1 N–H and O–H groups in total. The van der Waals surface area contributed by atoms with Gasteiger partial charge in [-0.05, 0) is 38.0 Å². The summed E-state index contributed by atoms with van der Waals surface area (Å²) in [7, 11) is 0. The molecule has 0 unspecified atom stereocenters. The Bertz CT molecular complexity index is 358. The third-order valence-electron chi connectivity index (χ3n) is 2.66. The van der Waals surface area contributed by atoms with Crippen molar-refractivity contribution in [2.24, 2.45) is 0 Å². The highest BCUT2D eigenvalue weighted by Gasteiger charge is 2.10. The number of ether oxygens (including phenoxy) is 2. The number of hydrogen-bond donors (Lipinski definition) is 1. The predicted octanol–water partition coefficient (Wildman–Crippen LogP) is 3.33. The van der Waals surface area contributed by atoms with Gasteiger partial charge in [0.15, 0.2) is 11.5 Å². The zero-order chi connectivity index (χ0) is 13.9. The molecule has 0 fully saturated rings. The number of para-hydroxylation sites is 1. The summed E-state index contributed by atoms with van der Waals surface area (Å²) in [6, 6.07) is 6.09. The predicted molar refractivity (Wildman–Crippen MR) is 83.5 cm³/mol. The van der Waals surface area contributed by atoms with Crippen LogP contribution >= 0.6 is 11.8 Å². The molecule has 0 aliphatic heterocycles. The summed E-state index contributed by atoms with van der Waals surface area (Å²) in [5, 5.41) is 3.34. The Labute approximate surface area is 121 Å². The smallest absolute Gasteiger partial charge is 0.165 e. The van der Waals surface area contributed by atoms with Gasteiger partial charge in [-0.3, -0.25) is 0 Å². The first-order valence-electron chi connectivity index (χ1n) is 6.90. The van der Waals surface area contributed by atoms with E-state index >= 15 is 0 Å². The third-order valence-corrected chi connectivity index (χ3v) is 3.36. The largest absolute Gasteiger partial charge is 0.490 e. The Hall–Kier alpha value is -0.870. The molecule has 0 spiro atoms. The third kappa shape index (κ3) is 5.74. The van der Waals surface area contributed by atoms with E-state index in [1.165, 1.54) is 0 Å². The van der Waals surface area contributed by atoms with Crippen LogP contribution in [0.4, 0.5) is 0 Å². The molecule has 0 atom stereocenters. The van der Waals surface area contributed by atoms with Crippen molar-refractivity contribution < 1.29 is 9.47 Å². The van der Waals surface area contributed by atoms with E-state index in [-0.39, 0.29) is 0 Å². The van der Waals surface area contributed by atoms with Crippen molar-refractivity contribution in [1.82, 2.24) is 5.32 Å². The van der Waals surface area contributed by atoms with E-state index in [4.69, 9.17) is 9.47 Å². The lowest BCUT2D eigenvalue weighted by molar-refractivity contribution is 0.274. The molecule has 19 heavy (non-hydrogen) atoms. The van der Waals surface area contributed by atoms with Crippen LogP contribution in [0.3, 0.4) is 0 Å². The first-order chi connectivity index (χ1) is 9.33. The van der Waals surface area contributed by atoms with Crippen molar-refractivity contribution in [3.63, 3.8) is 0 Å². The molecule has 0 radical (unpaired) electrons. The quantitative estimate of drug-likeness (QED) is 0.667. The van der Waals surface area contributed by atoms with Gasteiger partial charge in [0, 0.05) is 12.1 Å². The monoisotopic (exact) mass is 283 g/mol. The zero-order valence-corrected chi connectivity index (χ0v) is 13.0. The molecule has 1 aromatic carbocycles. The van der Waals surface area contributed by atoms with E-state index in [2.05, 4.69) is 24.6 Å². The van der Waals surface area contributed by atoms with Crippen molar-refractivity contribution in [3.8, 4) is 11.5 Å². The van der Waals surface area contributed by atoms with Crippen LogP contribution < -0.4 is 14.8 Å². The maximum absolute atomic E-state index is 5.94. The average molecular weight is 283 g/mol. The highest BCUT2D eigenvalue weighted by atomic mass is 32.2. The van der Waals surface area contributed by atoms with Gasteiger partial charge in [-0.25, -0.2) is 0 Å². The molecule has 0 heterocycles. The topological polar surface area (TPSA) is 30.5 Å². The van der Waals surface area contributed by atoms with E-state index in [1.807, 2.05) is 30.8 Å². The first-order valence-corrected chi connectivity index (χ1v) is 8.30. The maximum atomic E-state index is 5.94. The second-order valence-electron chi connectivity index (χ2n) is 4.15. The lowest BCUT2D eigenvalue weighted by Crippen LogP contribution is -2.14.